The molecule has 1 aromatic carbocycles. The summed E-state index contributed by atoms with van der Waals surface area (Å²) in [5.41, 5.74) is 1.04. The molecule has 0 heterocycles. The molecule has 0 aliphatic heterocycles. The quantitative estimate of drug-likeness (QED) is 0.678. The Hall–Kier alpha value is -1.07. The molecule has 20 heavy (non-hydrogen) atoms. The van der Waals surface area contributed by atoms with E-state index in [0.717, 1.165) is 41.7 Å². The second kappa shape index (κ2) is 9.77. The van der Waals surface area contributed by atoms with Crippen LogP contribution in [-0.4, -0.2) is 25.6 Å². The number of hydrogen-bond donors (Lipinski definition) is 2. The number of carbonyl (C=O) groups is 1. The minimum absolute atomic E-state index is 0.0600. The van der Waals surface area contributed by atoms with Crippen LogP contribution in [0.1, 0.15) is 32.3 Å². The molecule has 1 amide bonds. The van der Waals surface area contributed by atoms with Gasteiger partial charge in [0.15, 0.2) is 6.61 Å². The van der Waals surface area contributed by atoms with E-state index in [1.807, 2.05) is 18.2 Å². The standard InChI is InChI=1S/C15H23BrN2O2/c1-3-5-8-18-15(19)11-20-14-7-6-13(16)9-12(14)10-17-4-2/h6-7,9,17H,3-5,8,10-11H2,1-2H3,(H,18,19). The molecule has 0 unspecified atom stereocenters. The summed E-state index contributed by atoms with van der Waals surface area (Å²) in [6, 6.07) is 5.81. The average Bonchev–Trinajstić information content (AvgIpc) is 2.44. The van der Waals surface area contributed by atoms with Crippen LogP contribution in [-0.2, 0) is 11.3 Å². The zero-order chi connectivity index (χ0) is 14.8. The van der Waals surface area contributed by atoms with Crippen molar-refractivity contribution in [2.24, 2.45) is 0 Å². The number of unbranched alkanes of at least 4 members (excludes halogenated alkanes) is 1. The van der Waals surface area contributed by atoms with Crippen LogP contribution in [0.15, 0.2) is 22.7 Å². The van der Waals surface area contributed by atoms with Crippen LogP contribution in [0.3, 0.4) is 0 Å². The lowest BCUT2D eigenvalue weighted by Crippen LogP contribution is -2.29. The van der Waals surface area contributed by atoms with Gasteiger partial charge in [-0.15, -0.1) is 0 Å². The average molecular weight is 343 g/mol. The highest BCUT2D eigenvalue weighted by atomic mass is 79.9. The fraction of sp³-hybridized carbons (Fsp3) is 0.533. The number of benzene rings is 1. The first-order valence-electron chi connectivity index (χ1n) is 7.06. The van der Waals surface area contributed by atoms with E-state index in [0.29, 0.717) is 6.54 Å². The zero-order valence-corrected chi connectivity index (χ0v) is 13.8. The summed E-state index contributed by atoms with van der Waals surface area (Å²) >= 11 is 3.45. The summed E-state index contributed by atoms with van der Waals surface area (Å²) in [5, 5.41) is 6.10. The predicted octanol–water partition coefficient (Wildman–Crippen LogP) is 2.85. The van der Waals surface area contributed by atoms with Gasteiger partial charge < -0.3 is 15.4 Å². The Morgan fingerprint density at radius 1 is 1.35 bits per heavy atom. The summed E-state index contributed by atoms with van der Waals surface area (Å²) in [6.07, 6.45) is 2.07. The van der Waals surface area contributed by atoms with Gasteiger partial charge in [-0.1, -0.05) is 36.2 Å². The number of halogens is 1. The molecular weight excluding hydrogens is 320 g/mol. The molecular formula is C15H23BrN2O2. The number of carbonyl (C=O) groups excluding carboxylic acids is 1. The Balaban J connectivity index is 2.51. The van der Waals surface area contributed by atoms with E-state index in [9.17, 15) is 4.79 Å². The number of hydrogen-bond acceptors (Lipinski definition) is 3. The molecule has 0 bridgehead atoms. The molecule has 1 aromatic rings. The van der Waals surface area contributed by atoms with E-state index < -0.39 is 0 Å². The molecule has 5 heteroatoms. The highest BCUT2D eigenvalue weighted by Gasteiger charge is 2.07. The summed E-state index contributed by atoms with van der Waals surface area (Å²) < 4.78 is 6.61. The van der Waals surface area contributed by atoms with Crippen molar-refractivity contribution in [2.45, 2.75) is 33.2 Å². The first-order valence-corrected chi connectivity index (χ1v) is 7.85. The van der Waals surface area contributed by atoms with Gasteiger partial charge in [0.1, 0.15) is 5.75 Å². The second-order valence-corrected chi connectivity index (χ2v) is 5.44. The molecule has 0 radical (unpaired) electrons. The van der Waals surface area contributed by atoms with Gasteiger partial charge in [-0.2, -0.15) is 0 Å². The van der Waals surface area contributed by atoms with E-state index in [2.05, 4.69) is 40.4 Å². The Bertz CT molecular complexity index is 424. The van der Waals surface area contributed by atoms with E-state index in [-0.39, 0.29) is 12.5 Å². The fourth-order valence-corrected chi connectivity index (χ4v) is 2.09. The first-order chi connectivity index (χ1) is 9.67. The fourth-order valence-electron chi connectivity index (χ4n) is 1.69. The lowest BCUT2D eigenvalue weighted by atomic mass is 10.2. The Kier molecular flexibility index (Phi) is 8.30. The predicted molar refractivity (Wildman–Crippen MR) is 84.9 cm³/mol. The van der Waals surface area contributed by atoms with Crippen molar-refractivity contribution in [3.63, 3.8) is 0 Å². The maximum atomic E-state index is 11.6. The molecule has 0 spiro atoms. The van der Waals surface area contributed by atoms with E-state index >= 15 is 0 Å². The van der Waals surface area contributed by atoms with Crippen molar-refractivity contribution in [1.82, 2.24) is 10.6 Å². The third kappa shape index (κ3) is 6.39. The van der Waals surface area contributed by atoms with Crippen molar-refractivity contribution < 1.29 is 9.53 Å². The maximum absolute atomic E-state index is 11.6. The van der Waals surface area contributed by atoms with Crippen LogP contribution in [0.25, 0.3) is 0 Å². The van der Waals surface area contributed by atoms with Gasteiger partial charge in [0.25, 0.3) is 5.91 Å². The molecule has 0 fully saturated rings. The van der Waals surface area contributed by atoms with Crippen LogP contribution < -0.4 is 15.4 Å². The third-order valence-corrected chi connectivity index (χ3v) is 3.29. The smallest absolute Gasteiger partial charge is 0.257 e. The normalized spacial score (nSPS) is 10.3. The first kappa shape index (κ1) is 17.0. The summed E-state index contributed by atoms with van der Waals surface area (Å²) in [7, 11) is 0. The zero-order valence-electron chi connectivity index (χ0n) is 12.2. The lowest BCUT2D eigenvalue weighted by Gasteiger charge is -2.12. The third-order valence-electron chi connectivity index (χ3n) is 2.80. The highest BCUT2D eigenvalue weighted by Crippen LogP contribution is 2.23. The Morgan fingerprint density at radius 3 is 2.85 bits per heavy atom. The molecule has 0 aliphatic carbocycles. The topological polar surface area (TPSA) is 50.4 Å². The van der Waals surface area contributed by atoms with Crippen LogP contribution in [0.2, 0.25) is 0 Å². The summed E-state index contributed by atoms with van der Waals surface area (Å²) in [6.45, 7) is 6.54. The monoisotopic (exact) mass is 342 g/mol. The molecule has 1 rings (SSSR count). The van der Waals surface area contributed by atoms with Crippen molar-refractivity contribution in [3.05, 3.63) is 28.2 Å². The van der Waals surface area contributed by atoms with Crippen molar-refractivity contribution in [3.8, 4) is 5.75 Å². The maximum Gasteiger partial charge on any atom is 0.257 e. The van der Waals surface area contributed by atoms with Crippen LogP contribution in [0.5, 0.6) is 5.75 Å². The van der Waals surface area contributed by atoms with Gasteiger partial charge in [-0.05, 0) is 31.2 Å². The minimum Gasteiger partial charge on any atom is -0.483 e. The largest absolute Gasteiger partial charge is 0.483 e. The van der Waals surface area contributed by atoms with Crippen LogP contribution >= 0.6 is 15.9 Å². The van der Waals surface area contributed by atoms with Crippen LogP contribution in [0, 0.1) is 0 Å². The second-order valence-electron chi connectivity index (χ2n) is 4.52. The number of rotatable bonds is 9. The van der Waals surface area contributed by atoms with E-state index in [1.54, 1.807) is 0 Å². The number of ether oxygens (including phenoxy) is 1. The van der Waals surface area contributed by atoms with Crippen LogP contribution in [0.4, 0.5) is 0 Å². The molecule has 112 valence electrons. The van der Waals surface area contributed by atoms with Gasteiger partial charge in [0.05, 0.1) is 0 Å². The summed E-state index contributed by atoms with van der Waals surface area (Å²) in [5.74, 6) is 0.676. The molecule has 2 N–H and O–H groups in total. The van der Waals surface area contributed by atoms with Gasteiger partial charge in [0, 0.05) is 23.1 Å². The lowest BCUT2D eigenvalue weighted by molar-refractivity contribution is -0.123. The molecule has 0 aromatic heterocycles. The molecule has 0 aliphatic rings. The van der Waals surface area contributed by atoms with Gasteiger partial charge in [0.2, 0.25) is 0 Å². The van der Waals surface area contributed by atoms with Gasteiger partial charge in [-0.3, -0.25) is 4.79 Å². The molecule has 0 saturated carbocycles. The van der Waals surface area contributed by atoms with Crippen molar-refractivity contribution >= 4 is 21.8 Å². The summed E-state index contributed by atoms with van der Waals surface area (Å²) in [4.78, 5) is 11.6. The SMILES string of the molecule is CCCCNC(=O)COc1ccc(Br)cc1CNCC. The number of amides is 1. The minimum atomic E-state index is -0.0734. The molecule has 4 nitrogen and oxygen atoms in total. The van der Waals surface area contributed by atoms with Gasteiger partial charge in [-0.25, -0.2) is 0 Å². The number of nitrogens with one attached hydrogen (secondary N) is 2. The molecule has 0 saturated heterocycles. The molecule has 0 atom stereocenters. The Morgan fingerprint density at radius 2 is 2.15 bits per heavy atom. The highest BCUT2D eigenvalue weighted by molar-refractivity contribution is 9.10. The van der Waals surface area contributed by atoms with E-state index in [4.69, 9.17) is 4.74 Å². The van der Waals surface area contributed by atoms with E-state index in [1.165, 1.54) is 0 Å². The Labute approximate surface area is 129 Å². The van der Waals surface area contributed by atoms with Crippen molar-refractivity contribution in [1.29, 1.82) is 0 Å². The van der Waals surface area contributed by atoms with Gasteiger partial charge >= 0.3 is 0 Å². The van der Waals surface area contributed by atoms with Crippen molar-refractivity contribution in [2.75, 3.05) is 19.7 Å².